The fourth-order valence-corrected chi connectivity index (χ4v) is 3.71. The van der Waals surface area contributed by atoms with Crippen LogP contribution in [0.2, 0.25) is 0 Å². The van der Waals surface area contributed by atoms with Crippen molar-refractivity contribution >= 4 is 5.91 Å². The van der Waals surface area contributed by atoms with Crippen molar-refractivity contribution in [3.05, 3.63) is 0 Å². The molecule has 114 valence electrons. The van der Waals surface area contributed by atoms with Gasteiger partial charge in [0.25, 0.3) is 0 Å². The predicted molar refractivity (Wildman–Crippen MR) is 67.7 cm³/mol. The third kappa shape index (κ3) is 2.54. The number of hydrogen-bond donors (Lipinski definition) is 1. The van der Waals surface area contributed by atoms with E-state index in [4.69, 9.17) is 5.73 Å². The van der Waals surface area contributed by atoms with Crippen LogP contribution in [0.4, 0.5) is 13.2 Å². The van der Waals surface area contributed by atoms with Crippen molar-refractivity contribution in [2.45, 2.75) is 50.2 Å². The maximum Gasteiger partial charge on any atom is 0.391 e. The molecule has 0 radical (unpaired) electrons. The molecular weight excluding hydrogens is 269 g/mol. The summed E-state index contributed by atoms with van der Waals surface area (Å²) in [6, 6.07) is 0. The van der Waals surface area contributed by atoms with E-state index in [-0.39, 0.29) is 24.3 Å². The van der Waals surface area contributed by atoms with Crippen LogP contribution in [0, 0.1) is 17.8 Å². The lowest BCUT2D eigenvalue weighted by Gasteiger charge is -2.49. The van der Waals surface area contributed by atoms with Gasteiger partial charge < -0.3 is 10.6 Å². The van der Waals surface area contributed by atoms with Crippen molar-refractivity contribution in [3.63, 3.8) is 0 Å². The number of hydrogen-bond acceptors (Lipinski definition) is 2. The third-order valence-electron chi connectivity index (χ3n) is 5.16. The Balaban J connectivity index is 1.55. The number of alkyl halides is 3. The van der Waals surface area contributed by atoms with E-state index in [1.165, 1.54) is 0 Å². The Kier molecular flexibility index (Phi) is 3.27. The summed E-state index contributed by atoms with van der Waals surface area (Å²) in [6.07, 6.45) is -0.723. The molecule has 3 fully saturated rings. The molecule has 1 heterocycles. The van der Waals surface area contributed by atoms with Crippen molar-refractivity contribution in [1.82, 2.24) is 4.90 Å². The Morgan fingerprint density at radius 1 is 1.15 bits per heavy atom. The molecule has 0 aromatic carbocycles. The Morgan fingerprint density at radius 2 is 1.80 bits per heavy atom. The zero-order valence-electron chi connectivity index (χ0n) is 11.5. The summed E-state index contributed by atoms with van der Waals surface area (Å²) in [7, 11) is 0. The molecule has 3 nitrogen and oxygen atoms in total. The van der Waals surface area contributed by atoms with E-state index in [0.29, 0.717) is 31.8 Å². The smallest absolute Gasteiger partial charge is 0.339 e. The van der Waals surface area contributed by atoms with E-state index >= 15 is 0 Å². The van der Waals surface area contributed by atoms with Crippen molar-refractivity contribution in [1.29, 1.82) is 0 Å². The first kappa shape index (κ1) is 14.2. The Bertz CT molecular complexity index is 400. The first-order valence-corrected chi connectivity index (χ1v) is 7.44. The van der Waals surface area contributed by atoms with Crippen LogP contribution >= 0.6 is 0 Å². The molecule has 0 aromatic heterocycles. The molecule has 1 amide bonds. The lowest BCUT2D eigenvalue weighted by Crippen LogP contribution is -2.70. The van der Waals surface area contributed by atoms with Gasteiger partial charge in [-0.1, -0.05) is 6.42 Å². The molecule has 3 rings (SSSR count). The van der Waals surface area contributed by atoms with Gasteiger partial charge in [-0.05, 0) is 38.0 Å². The molecule has 3 aliphatic rings. The average molecular weight is 290 g/mol. The van der Waals surface area contributed by atoms with Gasteiger partial charge in [-0.15, -0.1) is 0 Å². The number of amides is 1. The lowest BCUT2D eigenvalue weighted by atomic mass is 9.78. The molecule has 1 saturated heterocycles. The van der Waals surface area contributed by atoms with Crippen LogP contribution in [0.5, 0.6) is 0 Å². The Labute approximate surface area is 116 Å². The van der Waals surface area contributed by atoms with E-state index in [1.54, 1.807) is 4.90 Å². The molecule has 2 atom stereocenters. The summed E-state index contributed by atoms with van der Waals surface area (Å²) < 4.78 is 38.3. The van der Waals surface area contributed by atoms with E-state index in [0.717, 1.165) is 12.8 Å². The van der Waals surface area contributed by atoms with Crippen molar-refractivity contribution in [2.75, 3.05) is 13.1 Å². The number of halogens is 3. The molecule has 2 unspecified atom stereocenters. The number of carbonyl (C=O) groups excluding carboxylic acids is 1. The van der Waals surface area contributed by atoms with Crippen LogP contribution in [0.25, 0.3) is 0 Å². The molecule has 0 spiro atoms. The van der Waals surface area contributed by atoms with E-state index < -0.39 is 18.0 Å². The number of carbonyl (C=O) groups is 1. The molecule has 2 saturated carbocycles. The summed E-state index contributed by atoms with van der Waals surface area (Å²) >= 11 is 0. The van der Waals surface area contributed by atoms with Gasteiger partial charge in [-0.25, -0.2) is 0 Å². The van der Waals surface area contributed by atoms with Gasteiger partial charge in [0, 0.05) is 19.0 Å². The number of likely N-dealkylation sites (tertiary alicyclic amines) is 1. The van der Waals surface area contributed by atoms with Gasteiger partial charge in [0.15, 0.2) is 0 Å². The van der Waals surface area contributed by atoms with Gasteiger partial charge in [0.2, 0.25) is 5.91 Å². The van der Waals surface area contributed by atoms with Crippen LogP contribution < -0.4 is 5.73 Å². The van der Waals surface area contributed by atoms with Gasteiger partial charge in [0.05, 0.1) is 11.5 Å². The van der Waals surface area contributed by atoms with Crippen LogP contribution in [0.3, 0.4) is 0 Å². The SMILES string of the molecule is NC1(C2CC2)CN(C(=O)C2CCCC(C(F)(F)F)C2)C1. The summed E-state index contributed by atoms with van der Waals surface area (Å²) in [5, 5.41) is 0. The summed E-state index contributed by atoms with van der Waals surface area (Å²) in [5.41, 5.74) is 5.93. The molecule has 6 heteroatoms. The standard InChI is InChI=1S/C14H21F3N2O/c15-14(16,17)11-3-1-2-9(6-11)12(20)19-7-13(18,8-19)10-4-5-10/h9-11H,1-8,18H2. The van der Waals surface area contributed by atoms with E-state index in [9.17, 15) is 18.0 Å². The molecule has 2 aliphatic carbocycles. The highest BCUT2D eigenvalue weighted by atomic mass is 19.4. The van der Waals surface area contributed by atoms with Crippen LogP contribution in [0.15, 0.2) is 0 Å². The Morgan fingerprint density at radius 3 is 2.35 bits per heavy atom. The van der Waals surface area contributed by atoms with Crippen molar-refractivity contribution in [2.24, 2.45) is 23.5 Å². The normalized spacial score (nSPS) is 33.7. The predicted octanol–water partition coefficient (Wildman–Crippen LogP) is 2.30. The van der Waals surface area contributed by atoms with Crippen molar-refractivity contribution < 1.29 is 18.0 Å². The molecule has 2 N–H and O–H groups in total. The van der Waals surface area contributed by atoms with Crippen LogP contribution in [-0.2, 0) is 4.79 Å². The van der Waals surface area contributed by atoms with Crippen LogP contribution in [-0.4, -0.2) is 35.6 Å². The second-order valence-electron chi connectivity index (χ2n) is 6.80. The molecule has 0 aromatic rings. The average Bonchev–Trinajstić information content (AvgIpc) is 3.18. The number of rotatable bonds is 2. The zero-order valence-corrected chi connectivity index (χ0v) is 11.5. The number of nitrogens with two attached hydrogens (primary N) is 1. The zero-order chi connectivity index (χ0) is 14.5. The minimum Gasteiger partial charge on any atom is -0.339 e. The molecule has 20 heavy (non-hydrogen) atoms. The topological polar surface area (TPSA) is 46.3 Å². The Hall–Kier alpha value is -0.780. The minimum atomic E-state index is -4.17. The third-order valence-corrected chi connectivity index (χ3v) is 5.16. The fraction of sp³-hybridized carbons (Fsp3) is 0.929. The summed E-state index contributed by atoms with van der Waals surface area (Å²) in [6.45, 7) is 1.06. The molecular formula is C14H21F3N2O. The molecule has 0 bridgehead atoms. The first-order valence-electron chi connectivity index (χ1n) is 7.44. The largest absolute Gasteiger partial charge is 0.391 e. The summed E-state index contributed by atoms with van der Waals surface area (Å²) in [5.74, 6) is -1.36. The van der Waals surface area contributed by atoms with Crippen molar-refractivity contribution in [3.8, 4) is 0 Å². The first-order chi connectivity index (χ1) is 9.29. The van der Waals surface area contributed by atoms with Gasteiger partial charge in [-0.2, -0.15) is 13.2 Å². The van der Waals surface area contributed by atoms with E-state index in [2.05, 4.69) is 0 Å². The summed E-state index contributed by atoms with van der Waals surface area (Å²) in [4.78, 5) is 14.0. The maximum atomic E-state index is 12.8. The van der Waals surface area contributed by atoms with Gasteiger partial charge >= 0.3 is 6.18 Å². The van der Waals surface area contributed by atoms with E-state index in [1.807, 2.05) is 0 Å². The highest BCUT2D eigenvalue weighted by Gasteiger charge is 2.53. The highest BCUT2D eigenvalue weighted by molar-refractivity contribution is 5.80. The highest BCUT2D eigenvalue weighted by Crippen LogP contribution is 2.45. The molecule has 1 aliphatic heterocycles. The second kappa shape index (κ2) is 4.61. The lowest BCUT2D eigenvalue weighted by molar-refractivity contribution is -0.188. The maximum absolute atomic E-state index is 12.8. The second-order valence-corrected chi connectivity index (χ2v) is 6.80. The van der Waals surface area contributed by atoms with Gasteiger partial charge in [-0.3, -0.25) is 4.79 Å². The fourth-order valence-electron chi connectivity index (χ4n) is 3.71. The van der Waals surface area contributed by atoms with Gasteiger partial charge in [0.1, 0.15) is 0 Å². The monoisotopic (exact) mass is 290 g/mol. The minimum absolute atomic E-state index is 0.0418. The number of nitrogens with zero attached hydrogens (tertiary/aromatic N) is 1. The van der Waals surface area contributed by atoms with Crippen LogP contribution in [0.1, 0.15) is 38.5 Å². The quantitative estimate of drug-likeness (QED) is 0.848.